The molecule has 0 radical (unpaired) electrons. The molecule has 0 fully saturated rings. The number of benzene rings is 1. The minimum absolute atomic E-state index is 0.252. The first-order valence-electron chi connectivity index (χ1n) is 7.49. The largest absolute Gasteiger partial charge is 0.250 e. The molecule has 1 aliphatic carbocycles. The van der Waals surface area contributed by atoms with Crippen molar-refractivity contribution in [2.45, 2.75) is 19.4 Å². The van der Waals surface area contributed by atoms with Gasteiger partial charge in [0.15, 0.2) is 5.54 Å². The van der Waals surface area contributed by atoms with Gasteiger partial charge in [-0.05, 0) is 42.2 Å². The SMILES string of the molecule is CC(C)C1C=CC23N=CN=C2C(c2ccc(F)cc2)=NC3=C1. The van der Waals surface area contributed by atoms with E-state index in [0.717, 1.165) is 22.7 Å². The van der Waals surface area contributed by atoms with Crippen LogP contribution in [0.2, 0.25) is 0 Å². The van der Waals surface area contributed by atoms with Crippen LogP contribution in [-0.4, -0.2) is 23.3 Å². The van der Waals surface area contributed by atoms with Crippen LogP contribution in [0.25, 0.3) is 0 Å². The smallest absolute Gasteiger partial charge is 0.166 e. The van der Waals surface area contributed by atoms with Crippen LogP contribution >= 0.6 is 0 Å². The topological polar surface area (TPSA) is 37.1 Å². The summed E-state index contributed by atoms with van der Waals surface area (Å²) < 4.78 is 13.2. The number of hydrogen-bond acceptors (Lipinski definition) is 3. The van der Waals surface area contributed by atoms with E-state index >= 15 is 0 Å². The van der Waals surface area contributed by atoms with Crippen LogP contribution in [0, 0.1) is 17.7 Å². The Hall–Kier alpha value is -2.36. The van der Waals surface area contributed by atoms with E-state index in [1.54, 1.807) is 18.5 Å². The van der Waals surface area contributed by atoms with Gasteiger partial charge >= 0.3 is 0 Å². The van der Waals surface area contributed by atoms with E-state index < -0.39 is 5.54 Å². The molecule has 4 rings (SSSR count). The van der Waals surface area contributed by atoms with E-state index in [1.165, 1.54) is 12.1 Å². The Morgan fingerprint density at radius 2 is 1.95 bits per heavy atom. The third-order valence-corrected chi connectivity index (χ3v) is 4.45. The Labute approximate surface area is 128 Å². The van der Waals surface area contributed by atoms with Gasteiger partial charge < -0.3 is 0 Å². The molecule has 0 amide bonds. The highest BCUT2D eigenvalue weighted by molar-refractivity contribution is 6.56. The Kier molecular flexibility index (Phi) is 2.76. The average Bonchev–Trinajstić information content (AvgIpc) is 3.03. The van der Waals surface area contributed by atoms with Crippen LogP contribution in [0.4, 0.5) is 4.39 Å². The summed E-state index contributed by atoms with van der Waals surface area (Å²) in [6.45, 7) is 4.38. The lowest BCUT2D eigenvalue weighted by atomic mass is 9.80. The standard InChI is InChI=1S/C18H16FN3/c1-11(2)13-7-8-18-15(9-13)22-16(17(18)20-10-21-18)12-3-5-14(19)6-4-12/h3-11,13H,1-2H3. The third-order valence-electron chi connectivity index (χ3n) is 4.45. The van der Waals surface area contributed by atoms with Crippen LogP contribution in [0.3, 0.4) is 0 Å². The fraction of sp³-hybridized carbons (Fsp3) is 0.278. The number of rotatable bonds is 2. The van der Waals surface area contributed by atoms with Gasteiger partial charge in [0.25, 0.3) is 0 Å². The van der Waals surface area contributed by atoms with Gasteiger partial charge in [0.05, 0.1) is 11.4 Å². The summed E-state index contributed by atoms with van der Waals surface area (Å²) in [5.74, 6) is 0.615. The lowest BCUT2D eigenvalue weighted by Gasteiger charge is -2.26. The van der Waals surface area contributed by atoms with Crippen molar-refractivity contribution in [3.63, 3.8) is 0 Å². The van der Waals surface area contributed by atoms with E-state index in [-0.39, 0.29) is 5.82 Å². The molecule has 3 nitrogen and oxygen atoms in total. The Morgan fingerprint density at radius 1 is 1.18 bits per heavy atom. The van der Waals surface area contributed by atoms with Gasteiger partial charge in [-0.25, -0.2) is 19.4 Å². The summed E-state index contributed by atoms with van der Waals surface area (Å²) in [5, 5.41) is 0. The van der Waals surface area contributed by atoms with Crippen molar-refractivity contribution >= 4 is 17.8 Å². The highest BCUT2D eigenvalue weighted by Gasteiger charge is 2.48. The van der Waals surface area contributed by atoms with Crippen molar-refractivity contribution in [2.24, 2.45) is 26.8 Å². The molecule has 0 aromatic heterocycles. The third kappa shape index (κ3) is 1.76. The van der Waals surface area contributed by atoms with E-state index in [4.69, 9.17) is 4.99 Å². The van der Waals surface area contributed by atoms with E-state index in [0.29, 0.717) is 11.8 Å². The number of halogens is 1. The van der Waals surface area contributed by atoms with Gasteiger partial charge in [-0.1, -0.05) is 26.0 Å². The molecule has 0 saturated carbocycles. The number of aliphatic imine (C=N–C) groups is 3. The maximum Gasteiger partial charge on any atom is 0.166 e. The zero-order valence-electron chi connectivity index (χ0n) is 12.5. The molecular weight excluding hydrogens is 277 g/mol. The average molecular weight is 293 g/mol. The zero-order chi connectivity index (χ0) is 15.3. The van der Waals surface area contributed by atoms with Crippen LogP contribution in [0.15, 0.2) is 63.2 Å². The van der Waals surface area contributed by atoms with Crippen LogP contribution in [-0.2, 0) is 0 Å². The van der Waals surface area contributed by atoms with Crippen molar-refractivity contribution in [2.75, 3.05) is 0 Å². The molecule has 0 N–H and O–H groups in total. The van der Waals surface area contributed by atoms with Gasteiger partial charge in [0, 0.05) is 5.56 Å². The second-order valence-corrected chi connectivity index (χ2v) is 6.19. The highest BCUT2D eigenvalue weighted by Crippen LogP contribution is 2.41. The van der Waals surface area contributed by atoms with Crippen LogP contribution < -0.4 is 0 Å². The normalized spacial score (nSPS) is 28.4. The van der Waals surface area contributed by atoms with Crippen molar-refractivity contribution in [1.29, 1.82) is 0 Å². The summed E-state index contributed by atoms with van der Waals surface area (Å²) >= 11 is 0. The fourth-order valence-electron chi connectivity index (χ4n) is 3.11. The predicted molar refractivity (Wildman–Crippen MR) is 87.1 cm³/mol. The zero-order valence-corrected chi connectivity index (χ0v) is 12.5. The van der Waals surface area contributed by atoms with E-state index in [2.05, 4.69) is 42.1 Å². The Morgan fingerprint density at radius 3 is 2.68 bits per heavy atom. The summed E-state index contributed by atoms with van der Waals surface area (Å²) in [7, 11) is 0. The minimum atomic E-state index is -0.560. The minimum Gasteiger partial charge on any atom is -0.250 e. The lowest BCUT2D eigenvalue weighted by molar-refractivity contribution is 0.533. The van der Waals surface area contributed by atoms with Crippen LogP contribution in [0.5, 0.6) is 0 Å². The maximum absolute atomic E-state index is 13.2. The second-order valence-electron chi connectivity index (χ2n) is 6.19. The first-order chi connectivity index (χ1) is 10.6. The summed E-state index contributed by atoms with van der Waals surface area (Å²) in [6.07, 6.45) is 8.08. The summed E-state index contributed by atoms with van der Waals surface area (Å²) in [6, 6.07) is 6.38. The monoisotopic (exact) mass is 293 g/mol. The predicted octanol–water partition coefficient (Wildman–Crippen LogP) is 3.58. The van der Waals surface area contributed by atoms with Crippen molar-refractivity contribution in [3.05, 3.63) is 59.6 Å². The first kappa shape index (κ1) is 13.3. The van der Waals surface area contributed by atoms with Gasteiger partial charge in [-0.3, -0.25) is 0 Å². The number of allylic oxidation sites excluding steroid dienone is 2. The molecule has 0 saturated heterocycles. The van der Waals surface area contributed by atoms with Crippen molar-refractivity contribution < 1.29 is 4.39 Å². The maximum atomic E-state index is 13.2. The summed E-state index contributed by atoms with van der Waals surface area (Å²) in [5.41, 5.74) is 2.87. The van der Waals surface area contributed by atoms with Gasteiger partial charge in [-0.2, -0.15) is 0 Å². The first-order valence-corrected chi connectivity index (χ1v) is 7.49. The Bertz CT molecular complexity index is 781. The second kappa shape index (κ2) is 4.57. The van der Waals surface area contributed by atoms with E-state index in [9.17, 15) is 4.39 Å². The number of hydrogen-bond donors (Lipinski definition) is 0. The molecule has 2 heterocycles. The molecule has 1 spiro atoms. The molecule has 22 heavy (non-hydrogen) atoms. The Balaban J connectivity index is 1.83. The molecule has 3 aliphatic rings. The van der Waals surface area contributed by atoms with Gasteiger partial charge in [0.1, 0.15) is 17.9 Å². The van der Waals surface area contributed by atoms with E-state index in [1.807, 2.05) is 0 Å². The molecule has 2 unspecified atom stereocenters. The lowest BCUT2D eigenvalue weighted by Crippen LogP contribution is -2.35. The van der Waals surface area contributed by atoms with Crippen LogP contribution in [0.1, 0.15) is 19.4 Å². The molecule has 2 atom stereocenters. The molecule has 4 heteroatoms. The molecule has 2 aliphatic heterocycles. The molecule has 1 aromatic carbocycles. The molecule has 1 aromatic rings. The molecular formula is C18H16FN3. The quantitative estimate of drug-likeness (QED) is 0.748. The molecule has 110 valence electrons. The number of nitrogens with zero attached hydrogens (tertiary/aromatic N) is 3. The highest BCUT2D eigenvalue weighted by atomic mass is 19.1. The van der Waals surface area contributed by atoms with Gasteiger partial charge in [-0.15, -0.1) is 0 Å². The van der Waals surface area contributed by atoms with Crippen molar-refractivity contribution in [1.82, 2.24) is 0 Å². The van der Waals surface area contributed by atoms with Gasteiger partial charge in [0.2, 0.25) is 0 Å². The van der Waals surface area contributed by atoms with Crippen molar-refractivity contribution in [3.8, 4) is 0 Å². The fourth-order valence-corrected chi connectivity index (χ4v) is 3.11. The molecule has 0 bridgehead atoms. The summed E-state index contributed by atoms with van der Waals surface area (Å²) in [4.78, 5) is 13.8.